The van der Waals surface area contributed by atoms with Crippen molar-refractivity contribution in [2.24, 2.45) is 5.16 Å². The summed E-state index contributed by atoms with van der Waals surface area (Å²) in [6.07, 6.45) is 0.0180. The highest BCUT2D eigenvalue weighted by Crippen LogP contribution is 2.30. The van der Waals surface area contributed by atoms with E-state index in [0.29, 0.717) is 35.0 Å². The van der Waals surface area contributed by atoms with Crippen molar-refractivity contribution >= 4 is 29.1 Å². The van der Waals surface area contributed by atoms with Gasteiger partial charge in [-0.15, -0.1) is 0 Å². The van der Waals surface area contributed by atoms with E-state index in [9.17, 15) is 4.79 Å². The molecular weight excluding hydrogens is 244 g/mol. The molecule has 17 heavy (non-hydrogen) atoms. The number of anilines is 1. The number of halogens is 1. The third-order valence-corrected chi connectivity index (χ3v) is 2.88. The van der Waals surface area contributed by atoms with Crippen LogP contribution in [0.25, 0.3) is 0 Å². The van der Waals surface area contributed by atoms with Crippen LogP contribution in [0, 0.1) is 0 Å². The number of oxime groups is 1. The smallest absolute Gasteiger partial charge is 0.414 e. The molecule has 1 aliphatic rings. The summed E-state index contributed by atoms with van der Waals surface area (Å²) in [7, 11) is 1.33. The molecule has 0 saturated carbocycles. The van der Waals surface area contributed by atoms with Crippen molar-refractivity contribution in [2.75, 3.05) is 18.6 Å². The summed E-state index contributed by atoms with van der Waals surface area (Å²) >= 11 is 5.89. The molecule has 1 aromatic rings. The van der Waals surface area contributed by atoms with E-state index in [4.69, 9.17) is 21.5 Å². The molecule has 2 rings (SSSR count). The van der Waals surface area contributed by atoms with Gasteiger partial charge >= 0.3 is 6.09 Å². The van der Waals surface area contributed by atoms with Crippen LogP contribution in [0.3, 0.4) is 0 Å². The quantitative estimate of drug-likeness (QED) is 0.572. The van der Waals surface area contributed by atoms with E-state index in [1.54, 1.807) is 18.2 Å². The van der Waals surface area contributed by atoms with Gasteiger partial charge in [0.2, 0.25) is 0 Å². The topological polar surface area (TPSA) is 62.1 Å². The van der Waals surface area contributed by atoms with Gasteiger partial charge in [-0.1, -0.05) is 16.8 Å². The second-order valence-corrected chi connectivity index (χ2v) is 4.02. The maximum Gasteiger partial charge on any atom is 0.414 e. The van der Waals surface area contributed by atoms with Gasteiger partial charge in [-0.2, -0.15) is 0 Å². The maximum atomic E-state index is 11.6. The van der Waals surface area contributed by atoms with Crippen LogP contribution in [0.15, 0.2) is 23.4 Å². The Kier molecular flexibility index (Phi) is 3.19. The number of benzene rings is 1. The van der Waals surface area contributed by atoms with Crippen molar-refractivity contribution in [2.45, 2.75) is 6.42 Å². The predicted octanol–water partition coefficient (Wildman–Crippen LogP) is 2.49. The Hall–Kier alpha value is -1.75. The van der Waals surface area contributed by atoms with Crippen molar-refractivity contribution in [3.05, 3.63) is 28.8 Å². The number of carbonyl (C=O) groups is 1. The molecule has 0 radical (unpaired) electrons. The first-order valence-corrected chi connectivity index (χ1v) is 5.41. The molecule has 1 aliphatic heterocycles. The Morgan fingerprint density at radius 2 is 2.35 bits per heavy atom. The standard InChI is InChI=1S/C11H11ClN2O3/c1-17-11(15)14-5-4-9(13-16)8-6-7(12)2-3-10(8)14/h2-3,6,16H,4-5H2,1H3/b13-9+. The van der Waals surface area contributed by atoms with Gasteiger partial charge in [0.05, 0.1) is 18.5 Å². The van der Waals surface area contributed by atoms with Crippen molar-refractivity contribution in [3.8, 4) is 0 Å². The van der Waals surface area contributed by atoms with Crippen LogP contribution in [-0.4, -0.2) is 30.7 Å². The zero-order valence-corrected chi connectivity index (χ0v) is 9.94. The lowest BCUT2D eigenvalue weighted by Crippen LogP contribution is -2.37. The molecule has 90 valence electrons. The molecule has 0 fully saturated rings. The number of hydrogen-bond acceptors (Lipinski definition) is 4. The predicted molar refractivity (Wildman–Crippen MR) is 64.1 cm³/mol. The number of hydrogen-bond donors (Lipinski definition) is 1. The molecule has 0 aliphatic carbocycles. The molecule has 0 atom stereocenters. The number of nitrogens with zero attached hydrogens (tertiary/aromatic N) is 2. The number of ether oxygens (including phenoxy) is 1. The molecule has 0 bridgehead atoms. The Bertz CT molecular complexity index is 488. The molecule has 1 amide bonds. The van der Waals surface area contributed by atoms with Crippen molar-refractivity contribution in [3.63, 3.8) is 0 Å². The van der Waals surface area contributed by atoms with Gasteiger partial charge < -0.3 is 9.94 Å². The minimum atomic E-state index is -0.439. The number of rotatable bonds is 0. The fourth-order valence-electron chi connectivity index (χ4n) is 1.85. The summed E-state index contributed by atoms with van der Waals surface area (Å²) in [6.45, 7) is 0.417. The van der Waals surface area contributed by atoms with Crippen molar-refractivity contribution in [1.29, 1.82) is 0 Å². The number of methoxy groups -OCH3 is 1. The monoisotopic (exact) mass is 254 g/mol. The molecule has 1 heterocycles. The van der Waals surface area contributed by atoms with E-state index in [1.165, 1.54) is 12.0 Å². The number of fused-ring (bicyclic) bond motifs is 1. The van der Waals surface area contributed by atoms with Gasteiger partial charge in [0, 0.05) is 23.6 Å². The van der Waals surface area contributed by atoms with Crippen LogP contribution in [-0.2, 0) is 4.74 Å². The van der Waals surface area contributed by atoms with E-state index in [-0.39, 0.29) is 0 Å². The number of amides is 1. The second-order valence-electron chi connectivity index (χ2n) is 3.58. The highest BCUT2D eigenvalue weighted by atomic mass is 35.5. The fourth-order valence-corrected chi connectivity index (χ4v) is 2.02. The molecule has 0 unspecified atom stereocenters. The molecule has 0 spiro atoms. The van der Waals surface area contributed by atoms with Gasteiger partial charge in [-0.25, -0.2) is 4.79 Å². The van der Waals surface area contributed by atoms with Crippen LogP contribution in [0.2, 0.25) is 5.02 Å². The lowest BCUT2D eigenvalue weighted by molar-refractivity contribution is 0.178. The Morgan fingerprint density at radius 1 is 1.59 bits per heavy atom. The molecule has 5 nitrogen and oxygen atoms in total. The van der Waals surface area contributed by atoms with Crippen LogP contribution in [0.1, 0.15) is 12.0 Å². The molecular formula is C11H11ClN2O3. The van der Waals surface area contributed by atoms with Crippen LogP contribution in [0.5, 0.6) is 0 Å². The van der Waals surface area contributed by atoms with Crippen molar-refractivity contribution < 1.29 is 14.7 Å². The van der Waals surface area contributed by atoms with Crippen LogP contribution in [0.4, 0.5) is 10.5 Å². The van der Waals surface area contributed by atoms with E-state index in [1.807, 2.05) is 0 Å². The van der Waals surface area contributed by atoms with Crippen LogP contribution < -0.4 is 4.90 Å². The van der Waals surface area contributed by atoms with Gasteiger partial charge in [0.15, 0.2) is 0 Å². The van der Waals surface area contributed by atoms with Gasteiger partial charge in [-0.3, -0.25) is 4.90 Å². The van der Waals surface area contributed by atoms with Gasteiger partial charge in [0.25, 0.3) is 0 Å². The third kappa shape index (κ3) is 2.06. The summed E-state index contributed by atoms with van der Waals surface area (Å²) in [6, 6.07) is 5.05. The minimum absolute atomic E-state index is 0.417. The first-order chi connectivity index (χ1) is 8.17. The van der Waals surface area contributed by atoms with Gasteiger partial charge in [0.1, 0.15) is 0 Å². The second kappa shape index (κ2) is 4.63. The summed E-state index contributed by atoms with van der Waals surface area (Å²) in [5, 5.41) is 12.7. The highest BCUT2D eigenvalue weighted by molar-refractivity contribution is 6.31. The maximum absolute atomic E-state index is 11.6. The first-order valence-electron chi connectivity index (χ1n) is 5.03. The summed E-state index contributed by atoms with van der Waals surface area (Å²) in [5.74, 6) is 0. The minimum Gasteiger partial charge on any atom is -0.452 e. The lowest BCUT2D eigenvalue weighted by Gasteiger charge is -2.28. The SMILES string of the molecule is COC(=O)N1CC/C(=N\O)c2cc(Cl)ccc21. The first kappa shape index (κ1) is 11.7. The van der Waals surface area contributed by atoms with E-state index < -0.39 is 6.09 Å². The Morgan fingerprint density at radius 3 is 3.00 bits per heavy atom. The van der Waals surface area contributed by atoms with Crippen LogP contribution >= 0.6 is 11.6 Å². The summed E-state index contributed by atoms with van der Waals surface area (Å²) in [4.78, 5) is 13.1. The fraction of sp³-hybridized carbons (Fsp3) is 0.273. The van der Waals surface area contributed by atoms with Crippen molar-refractivity contribution in [1.82, 2.24) is 0 Å². The Labute approximate surface area is 103 Å². The molecule has 1 aromatic carbocycles. The lowest BCUT2D eigenvalue weighted by atomic mass is 10.00. The summed E-state index contributed by atoms with van der Waals surface area (Å²) < 4.78 is 4.70. The number of carbonyl (C=O) groups excluding carboxylic acids is 1. The van der Waals surface area contributed by atoms with E-state index in [2.05, 4.69) is 5.16 Å². The zero-order valence-electron chi connectivity index (χ0n) is 9.18. The summed E-state index contributed by atoms with van der Waals surface area (Å²) in [5.41, 5.74) is 1.81. The zero-order chi connectivity index (χ0) is 12.4. The average molecular weight is 255 g/mol. The molecule has 0 aromatic heterocycles. The third-order valence-electron chi connectivity index (χ3n) is 2.65. The molecule has 1 N–H and O–H groups in total. The largest absolute Gasteiger partial charge is 0.452 e. The normalized spacial score (nSPS) is 16.8. The Balaban J connectivity index is 2.51. The molecule has 0 saturated heterocycles. The molecule has 6 heteroatoms. The highest BCUT2D eigenvalue weighted by Gasteiger charge is 2.27. The average Bonchev–Trinajstić information content (AvgIpc) is 2.36. The van der Waals surface area contributed by atoms with E-state index >= 15 is 0 Å². The van der Waals surface area contributed by atoms with E-state index in [0.717, 1.165) is 0 Å². The van der Waals surface area contributed by atoms with Gasteiger partial charge in [-0.05, 0) is 18.2 Å².